The van der Waals surface area contributed by atoms with E-state index in [4.69, 9.17) is 10.4 Å². The van der Waals surface area contributed by atoms with Gasteiger partial charge in [0.05, 0.1) is 0 Å². The molecule has 7 nitrogen and oxygen atoms in total. The van der Waals surface area contributed by atoms with Crippen LogP contribution in [-0.2, 0) is 14.4 Å². The Morgan fingerprint density at radius 3 is 2.52 bits per heavy atom. The summed E-state index contributed by atoms with van der Waals surface area (Å²) in [6, 6.07) is 6.31. The average Bonchev–Trinajstić information content (AvgIpc) is 2.45. The van der Waals surface area contributed by atoms with Gasteiger partial charge in [-0.15, -0.1) is 0 Å². The van der Waals surface area contributed by atoms with Crippen LogP contribution in [0.2, 0.25) is 0 Å². The van der Waals surface area contributed by atoms with Crippen molar-refractivity contribution in [2.24, 2.45) is 0 Å². The predicted octanol–water partition coefficient (Wildman–Crippen LogP) is 1.37. The van der Waals surface area contributed by atoms with E-state index < -0.39 is 11.5 Å². The van der Waals surface area contributed by atoms with Gasteiger partial charge in [-0.25, -0.2) is 4.79 Å². The molecule has 0 spiro atoms. The second-order valence-corrected chi connectivity index (χ2v) is 3.68. The summed E-state index contributed by atoms with van der Waals surface area (Å²) in [5.41, 5.74) is 1.09. The van der Waals surface area contributed by atoms with Crippen molar-refractivity contribution in [1.29, 1.82) is 5.26 Å². The van der Waals surface area contributed by atoms with Gasteiger partial charge in [-0.3, -0.25) is 9.59 Å². The normalized spacial score (nSPS) is 10.7. The molecule has 0 heterocycles. The number of carbonyl (C=O) groups is 3. The minimum atomic E-state index is -1.32. The number of carbonyl (C=O) groups excluding carboxylic acids is 2. The molecule has 1 aromatic carbocycles. The minimum Gasteiger partial charge on any atom is -0.477 e. The van der Waals surface area contributed by atoms with Gasteiger partial charge in [0.15, 0.2) is 0 Å². The lowest BCUT2D eigenvalue weighted by molar-refractivity contribution is -0.132. The first-order valence-corrected chi connectivity index (χ1v) is 5.68. The topological polar surface area (TPSA) is 119 Å². The van der Waals surface area contributed by atoms with Crippen LogP contribution in [0.5, 0.6) is 0 Å². The fourth-order valence-electron chi connectivity index (χ4n) is 1.45. The summed E-state index contributed by atoms with van der Waals surface area (Å²) in [6.45, 7) is 0. The van der Waals surface area contributed by atoms with Crippen molar-refractivity contribution in [2.75, 3.05) is 10.6 Å². The van der Waals surface area contributed by atoms with Crippen LogP contribution >= 0.6 is 0 Å². The van der Waals surface area contributed by atoms with E-state index in [1.165, 1.54) is 18.2 Å². The van der Waals surface area contributed by atoms with E-state index in [1.807, 2.05) is 0 Å². The van der Waals surface area contributed by atoms with Crippen molar-refractivity contribution < 1.29 is 19.5 Å². The van der Waals surface area contributed by atoms with Crippen molar-refractivity contribution in [2.45, 2.75) is 0 Å². The summed E-state index contributed by atoms with van der Waals surface area (Å²) in [5.74, 6) is -1.32. The van der Waals surface area contributed by atoms with Crippen molar-refractivity contribution in [3.8, 4) is 6.07 Å². The first-order valence-electron chi connectivity index (χ1n) is 5.68. The third-order valence-electron chi connectivity index (χ3n) is 2.38. The van der Waals surface area contributed by atoms with Gasteiger partial charge in [-0.2, -0.15) is 5.26 Å². The van der Waals surface area contributed by atoms with E-state index in [-0.39, 0.29) is 0 Å². The highest BCUT2D eigenvalue weighted by atomic mass is 16.4. The van der Waals surface area contributed by atoms with Gasteiger partial charge in [0.1, 0.15) is 11.6 Å². The van der Waals surface area contributed by atoms with Crippen molar-refractivity contribution in [1.82, 2.24) is 0 Å². The molecule has 21 heavy (non-hydrogen) atoms. The van der Waals surface area contributed by atoms with E-state index >= 15 is 0 Å². The number of amides is 2. The number of hydrogen-bond acceptors (Lipinski definition) is 4. The Kier molecular flexibility index (Phi) is 5.90. The van der Waals surface area contributed by atoms with Crippen LogP contribution in [0.3, 0.4) is 0 Å². The number of aliphatic carboxylic acids is 1. The van der Waals surface area contributed by atoms with Crippen LogP contribution in [0, 0.1) is 11.3 Å². The summed E-state index contributed by atoms with van der Waals surface area (Å²) in [5, 5.41) is 22.2. The zero-order valence-electron chi connectivity index (χ0n) is 10.7. The molecule has 0 aromatic heterocycles. The lowest BCUT2D eigenvalue weighted by atomic mass is 10.1. The standard InChI is InChI=1S/C14H11N3O4/c15-7-11(14(20)21)3-1-2-10-4-5-12(16-8-18)6-13(10)17-9-19/h1-6,8-9H,(H,16,18)(H,17,19)(H,20,21). The molecule has 106 valence electrons. The number of anilines is 2. The molecular weight excluding hydrogens is 274 g/mol. The van der Waals surface area contributed by atoms with Gasteiger partial charge in [0.2, 0.25) is 12.8 Å². The minimum absolute atomic E-state index is 0.407. The number of nitriles is 1. The highest BCUT2D eigenvalue weighted by Gasteiger charge is 2.03. The maximum absolute atomic E-state index is 10.6. The number of carboxylic acids is 1. The fourth-order valence-corrected chi connectivity index (χ4v) is 1.45. The predicted molar refractivity (Wildman–Crippen MR) is 76.2 cm³/mol. The zero-order chi connectivity index (χ0) is 15.7. The Bertz CT molecular complexity index is 657. The molecule has 0 saturated heterocycles. The summed E-state index contributed by atoms with van der Waals surface area (Å²) in [6.07, 6.45) is 5.03. The Morgan fingerprint density at radius 2 is 1.95 bits per heavy atom. The highest BCUT2D eigenvalue weighted by molar-refractivity contribution is 5.91. The van der Waals surface area contributed by atoms with E-state index in [2.05, 4.69) is 10.6 Å². The number of rotatable bonds is 7. The van der Waals surface area contributed by atoms with Crippen molar-refractivity contribution in [3.63, 3.8) is 0 Å². The maximum Gasteiger partial charge on any atom is 0.346 e. The number of nitrogens with one attached hydrogen (secondary N) is 2. The van der Waals surface area contributed by atoms with Crippen LogP contribution in [0.1, 0.15) is 5.56 Å². The molecule has 0 aliphatic heterocycles. The van der Waals surface area contributed by atoms with Gasteiger partial charge in [0.25, 0.3) is 0 Å². The lowest BCUT2D eigenvalue weighted by Crippen LogP contribution is -1.99. The molecule has 3 N–H and O–H groups in total. The monoisotopic (exact) mass is 285 g/mol. The summed E-state index contributed by atoms with van der Waals surface area (Å²) in [7, 11) is 0. The Labute approximate surface area is 120 Å². The Balaban J connectivity index is 3.07. The molecule has 1 rings (SSSR count). The maximum atomic E-state index is 10.6. The smallest absolute Gasteiger partial charge is 0.346 e. The number of allylic oxidation sites excluding steroid dienone is 2. The molecule has 1 aromatic rings. The van der Waals surface area contributed by atoms with Gasteiger partial charge in [-0.1, -0.05) is 18.2 Å². The second kappa shape index (κ2) is 7.91. The molecule has 0 radical (unpaired) electrons. The number of benzene rings is 1. The number of carboxylic acid groups (broad SMARTS) is 1. The third-order valence-corrected chi connectivity index (χ3v) is 2.38. The summed E-state index contributed by atoms with van der Waals surface area (Å²) >= 11 is 0. The fraction of sp³-hybridized carbons (Fsp3) is 0. The molecule has 0 bridgehead atoms. The molecule has 0 aliphatic rings. The largest absolute Gasteiger partial charge is 0.477 e. The van der Waals surface area contributed by atoms with Crippen LogP contribution < -0.4 is 10.6 Å². The molecule has 0 atom stereocenters. The summed E-state index contributed by atoms with van der Waals surface area (Å²) < 4.78 is 0. The highest BCUT2D eigenvalue weighted by Crippen LogP contribution is 2.21. The van der Waals surface area contributed by atoms with Gasteiger partial charge >= 0.3 is 5.97 Å². The van der Waals surface area contributed by atoms with Crippen LogP contribution in [0.4, 0.5) is 11.4 Å². The number of hydrogen-bond donors (Lipinski definition) is 3. The first kappa shape index (κ1) is 15.7. The van der Waals surface area contributed by atoms with E-state index in [9.17, 15) is 14.4 Å². The molecule has 0 unspecified atom stereocenters. The molecule has 0 saturated carbocycles. The molecule has 2 amide bonds. The van der Waals surface area contributed by atoms with Crippen LogP contribution in [-0.4, -0.2) is 23.9 Å². The number of nitrogens with zero attached hydrogens (tertiary/aromatic N) is 1. The quantitative estimate of drug-likeness (QED) is 0.302. The van der Waals surface area contributed by atoms with Crippen LogP contribution in [0.15, 0.2) is 35.9 Å². The molecule has 7 heteroatoms. The average molecular weight is 285 g/mol. The second-order valence-electron chi connectivity index (χ2n) is 3.68. The van der Waals surface area contributed by atoms with E-state index in [0.29, 0.717) is 29.8 Å². The lowest BCUT2D eigenvalue weighted by Gasteiger charge is -2.07. The van der Waals surface area contributed by atoms with Gasteiger partial charge in [0, 0.05) is 11.4 Å². The van der Waals surface area contributed by atoms with Crippen molar-refractivity contribution in [3.05, 3.63) is 41.5 Å². The van der Waals surface area contributed by atoms with E-state index in [0.717, 1.165) is 6.08 Å². The van der Waals surface area contributed by atoms with Crippen molar-refractivity contribution >= 4 is 36.2 Å². The third kappa shape index (κ3) is 4.65. The molecule has 0 fully saturated rings. The molecule has 0 aliphatic carbocycles. The van der Waals surface area contributed by atoms with Gasteiger partial charge < -0.3 is 15.7 Å². The molecular formula is C14H11N3O4. The van der Waals surface area contributed by atoms with Gasteiger partial charge in [-0.05, 0) is 23.8 Å². The first-order chi connectivity index (χ1) is 10.1. The Morgan fingerprint density at radius 1 is 1.24 bits per heavy atom. The SMILES string of the molecule is N#CC(=CC=Cc1ccc(NC=O)cc1NC=O)C(=O)O. The Hall–Kier alpha value is -3.40. The van der Waals surface area contributed by atoms with E-state index in [1.54, 1.807) is 18.2 Å². The van der Waals surface area contributed by atoms with Crippen LogP contribution in [0.25, 0.3) is 6.08 Å². The summed E-state index contributed by atoms with van der Waals surface area (Å²) in [4.78, 5) is 31.6. The zero-order valence-corrected chi connectivity index (χ0v) is 10.7.